The van der Waals surface area contributed by atoms with Crippen LogP contribution < -0.4 is 0 Å². The van der Waals surface area contributed by atoms with E-state index in [0.29, 0.717) is 26.1 Å². The number of sulfone groups is 1. The second-order valence-electron chi connectivity index (χ2n) is 6.31. The Labute approximate surface area is 122 Å². The molecule has 2 saturated heterocycles. The number of rotatable bonds is 2. The molecule has 6 heteroatoms. The fraction of sp³-hybridized carbons (Fsp3) is 0.929. The van der Waals surface area contributed by atoms with E-state index in [9.17, 15) is 13.2 Å². The van der Waals surface area contributed by atoms with Crippen LogP contribution in [0.15, 0.2) is 0 Å². The van der Waals surface area contributed by atoms with Gasteiger partial charge in [-0.2, -0.15) is 0 Å². The van der Waals surface area contributed by atoms with Crippen molar-refractivity contribution < 1.29 is 13.2 Å². The van der Waals surface area contributed by atoms with E-state index in [1.165, 1.54) is 0 Å². The number of carbonyl (C=O) groups is 1. The summed E-state index contributed by atoms with van der Waals surface area (Å²) in [5, 5.41) is -0.323. The molecule has 0 N–H and O–H groups in total. The summed E-state index contributed by atoms with van der Waals surface area (Å²) in [4.78, 5) is 16.2. The van der Waals surface area contributed by atoms with Crippen molar-refractivity contribution in [3.05, 3.63) is 0 Å². The molecule has 0 aliphatic carbocycles. The molecule has 2 aliphatic rings. The highest BCUT2D eigenvalue weighted by Gasteiger charge is 2.29. The summed E-state index contributed by atoms with van der Waals surface area (Å²) in [5.41, 5.74) is 0. The normalized spacial score (nSPS) is 29.1. The Morgan fingerprint density at radius 3 is 2.35 bits per heavy atom. The molecule has 20 heavy (non-hydrogen) atoms. The first-order valence-corrected chi connectivity index (χ1v) is 9.32. The first kappa shape index (κ1) is 15.8. The van der Waals surface area contributed by atoms with Gasteiger partial charge in [0.25, 0.3) is 0 Å². The van der Waals surface area contributed by atoms with Crippen molar-refractivity contribution in [1.29, 1.82) is 0 Å². The minimum Gasteiger partial charge on any atom is -0.341 e. The molecular weight excluding hydrogens is 276 g/mol. The molecule has 2 fully saturated rings. The van der Waals surface area contributed by atoms with Crippen molar-refractivity contribution in [3.63, 3.8) is 0 Å². The summed E-state index contributed by atoms with van der Waals surface area (Å²) < 4.78 is 23.7. The predicted molar refractivity (Wildman–Crippen MR) is 79.3 cm³/mol. The Morgan fingerprint density at radius 2 is 1.70 bits per heavy atom. The van der Waals surface area contributed by atoms with Crippen LogP contribution in [0, 0.1) is 5.92 Å². The van der Waals surface area contributed by atoms with Crippen molar-refractivity contribution >= 4 is 15.7 Å². The van der Waals surface area contributed by atoms with Crippen molar-refractivity contribution in [2.75, 3.05) is 38.5 Å². The fourth-order valence-electron chi connectivity index (χ4n) is 2.83. The zero-order valence-electron chi connectivity index (χ0n) is 12.5. The molecule has 0 bridgehead atoms. The van der Waals surface area contributed by atoms with E-state index >= 15 is 0 Å². The number of nitrogens with zero attached hydrogens (tertiary/aromatic N) is 2. The van der Waals surface area contributed by atoms with Crippen LogP contribution in [0.1, 0.15) is 33.1 Å². The smallest absolute Gasteiger partial charge is 0.236 e. The second-order valence-corrected chi connectivity index (χ2v) is 8.84. The molecule has 0 saturated carbocycles. The van der Waals surface area contributed by atoms with Crippen molar-refractivity contribution in [3.8, 4) is 0 Å². The average molecular weight is 302 g/mol. The SMILES string of the molecule is CC1CCN(CC(=O)N2CCC(C)S(=O)(=O)CC2)CC1. The molecular formula is C14H26N2O3S. The van der Waals surface area contributed by atoms with Gasteiger partial charge in [-0.3, -0.25) is 9.69 Å². The van der Waals surface area contributed by atoms with Gasteiger partial charge in [-0.05, 0) is 45.2 Å². The minimum absolute atomic E-state index is 0.0869. The Hall–Kier alpha value is -0.620. The molecule has 1 atom stereocenters. The third kappa shape index (κ3) is 3.95. The number of piperidine rings is 1. The molecule has 5 nitrogen and oxygen atoms in total. The topological polar surface area (TPSA) is 57.7 Å². The molecule has 0 spiro atoms. The second kappa shape index (κ2) is 6.43. The summed E-state index contributed by atoms with van der Waals surface area (Å²) >= 11 is 0. The summed E-state index contributed by atoms with van der Waals surface area (Å²) in [7, 11) is -3.01. The van der Waals surface area contributed by atoms with Gasteiger partial charge in [-0.25, -0.2) is 8.42 Å². The van der Waals surface area contributed by atoms with Gasteiger partial charge in [0.15, 0.2) is 9.84 Å². The van der Waals surface area contributed by atoms with Gasteiger partial charge in [0.05, 0.1) is 17.5 Å². The van der Waals surface area contributed by atoms with E-state index in [0.717, 1.165) is 31.8 Å². The van der Waals surface area contributed by atoms with Gasteiger partial charge in [-0.1, -0.05) is 6.92 Å². The van der Waals surface area contributed by atoms with E-state index in [1.807, 2.05) is 0 Å². The summed E-state index contributed by atoms with van der Waals surface area (Å²) in [6.45, 7) is 7.33. The van der Waals surface area contributed by atoms with Crippen LogP contribution in [0.3, 0.4) is 0 Å². The van der Waals surface area contributed by atoms with Crippen LogP contribution in [0.5, 0.6) is 0 Å². The molecule has 0 radical (unpaired) electrons. The first-order valence-electron chi connectivity index (χ1n) is 7.60. The highest BCUT2D eigenvalue weighted by Crippen LogP contribution is 2.17. The van der Waals surface area contributed by atoms with Crippen molar-refractivity contribution in [1.82, 2.24) is 9.80 Å². The van der Waals surface area contributed by atoms with Crippen LogP contribution in [-0.2, 0) is 14.6 Å². The van der Waals surface area contributed by atoms with Crippen LogP contribution in [0.25, 0.3) is 0 Å². The Balaban J connectivity index is 1.87. The largest absolute Gasteiger partial charge is 0.341 e. The fourth-order valence-corrected chi connectivity index (χ4v) is 4.17. The molecule has 1 unspecified atom stereocenters. The number of likely N-dealkylation sites (tertiary alicyclic amines) is 1. The Bertz CT molecular complexity index is 441. The average Bonchev–Trinajstić information content (AvgIpc) is 2.53. The maximum absolute atomic E-state index is 12.3. The lowest BCUT2D eigenvalue weighted by Crippen LogP contribution is -2.44. The van der Waals surface area contributed by atoms with Crippen LogP contribution in [0.4, 0.5) is 0 Å². The molecule has 1 amide bonds. The first-order chi connectivity index (χ1) is 9.38. The van der Waals surface area contributed by atoms with E-state index in [2.05, 4.69) is 11.8 Å². The quantitative estimate of drug-likeness (QED) is 0.755. The van der Waals surface area contributed by atoms with Crippen LogP contribution in [0.2, 0.25) is 0 Å². The number of carbonyl (C=O) groups excluding carboxylic acids is 1. The highest BCUT2D eigenvalue weighted by molar-refractivity contribution is 7.92. The molecule has 2 heterocycles. The van der Waals surface area contributed by atoms with Gasteiger partial charge in [-0.15, -0.1) is 0 Å². The molecule has 2 aliphatic heterocycles. The zero-order chi connectivity index (χ0) is 14.8. The molecule has 0 aromatic heterocycles. The van der Waals surface area contributed by atoms with Gasteiger partial charge in [0, 0.05) is 13.1 Å². The summed E-state index contributed by atoms with van der Waals surface area (Å²) in [6.07, 6.45) is 2.86. The highest BCUT2D eigenvalue weighted by atomic mass is 32.2. The monoisotopic (exact) mass is 302 g/mol. The van der Waals surface area contributed by atoms with E-state index < -0.39 is 9.84 Å². The number of hydrogen-bond acceptors (Lipinski definition) is 4. The van der Waals surface area contributed by atoms with E-state index in [-0.39, 0.29) is 16.9 Å². The number of hydrogen-bond donors (Lipinski definition) is 0. The Morgan fingerprint density at radius 1 is 1.05 bits per heavy atom. The van der Waals surface area contributed by atoms with Gasteiger partial charge < -0.3 is 4.90 Å². The lowest BCUT2D eigenvalue weighted by atomic mass is 9.99. The van der Waals surface area contributed by atoms with Gasteiger partial charge in [0.1, 0.15) is 0 Å². The maximum Gasteiger partial charge on any atom is 0.236 e. The Kier molecular flexibility index (Phi) is 5.07. The summed E-state index contributed by atoms with van der Waals surface area (Å²) in [5.74, 6) is 0.950. The standard InChI is InChI=1S/C14H26N2O3S/c1-12-3-6-15(7-4-12)11-14(17)16-8-5-13(2)20(18,19)10-9-16/h12-13H,3-11H2,1-2H3. The van der Waals surface area contributed by atoms with Crippen LogP contribution in [-0.4, -0.2) is 67.9 Å². The van der Waals surface area contributed by atoms with Crippen molar-refractivity contribution in [2.45, 2.75) is 38.4 Å². The van der Waals surface area contributed by atoms with E-state index in [4.69, 9.17) is 0 Å². The van der Waals surface area contributed by atoms with Gasteiger partial charge >= 0.3 is 0 Å². The third-order valence-corrected chi connectivity index (χ3v) is 6.87. The van der Waals surface area contributed by atoms with Crippen LogP contribution >= 0.6 is 0 Å². The summed E-state index contributed by atoms with van der Waals surface area (Å²) in [6, 6.07) is 0. The number of amides is 1. The molecule has 116 valence electrons. The molecule has 2 rings (SSSR count). The molecule has 0 aromatic carbocycles. The van der Waals surface area contributed by atoms with E-state index in [1.54, 1.807) is 11.8 Å². The zero-order valence-corrected chi connectivity index (χ0v) is 13.4. The lowest BCUT2D eigenvalue weighted by Gasteiger charge is -2.31. The van der Waals surface area contributed by atoms with Gasteiger partial charge in [0.2, 0.25) is 5.91 Å². The predicted octanol–water partition coefficient (Wildman–Crippen LogP) is 0.754. The molecule has 0 aromatic rings. The maximum atomic E-state index is 12.3. The lowest BCUT2D eigenvalue weighted by molar-refractivity contribution is -0.132. The van der Waals surface area contributed by atoms with Crippen molar-refractivity contribution in [2.24, 2.45) is 5.92 Å². The minimum atomic E-state index is -3.01. The third-order valence-electron chi connectivity index (χ3n) is 4.65.